The lowest BCUT2D eigenvalue weighted by molar-refractivity contribution is 0.632. The van der Waals surface area contributed by atoms with Crippen LogP contribution in [0.2, 0.25) is 0 Å². The number of hydrogen-bond acceptors (Lipinski definition) is 2. The highest BCUT2D eigenvalue weighted by molar-refractivity contribution is 7.00. The molecule has 36 heavy (non-hydrogen) atoms. The monoisotopic (exact) mass is 460 g/mol. The van der Waals surface area contributed by atoms with E-state index in [4.69, 9.17) is 0 Å². The van der Waals surface area contributed by atoms with Crippen molar-refractivity contribution in [1.82, 2.24) is 0 Å². The molecule has 0 aliphatic carbocycles. The van der Waals surface area contributed by atoms with Gasteiger partial charge in [0.25, 0.3) is 6.71 Å². The molecular formula is C33H25BN2. The van der Waals surface area contributed by atoms with Crippen LogP contribution in [-0.4, -0.2) is 6.71 Å². The van der Waals surface area contributed by atoms with Crippen molar-refractivity contribution in [1.29, 1.82) is 0 Å². The summed E-state index contributed by atoms with van der Waals surface area (Å²) in [5.74, 6) is 0. The Morgan fingerprint density at radius 2 is 1.08 bits per heavy atom. The Morgan fingerprint density at radius 1 is 0.500 bits per heavy atom. The van der Waals surface area contributed by atoms with Gasteiger partial charge in [-0.3, -0.25) is 0 Å². The van der Waals surface area contributed by atoms with Gasteiger partial charge in [0.2, 0.25) is 0 Å². The van der Waals surface area contributed by atoms with Gasteiger partial charge in [-0.2, -0.15) is 0 Å². The smallest absolute Gasteiger partial charge is 0.252 e. The third-order valence-electron chi connectivity index (χ3n) is 8.43. The summed E-state index contributed by atoms with van der Waals surface area (Å²) in [5.41, 5.74) is 14.5. The normalized spacial score (nSPS) is 15.6. The van der Waals surface area contributed by atoms with Crippen LogP contribution in [0.15, 0.2) is 115 Å². The van der Waals surface area contributed by atoms with E-state index in [0.29, 0.717) is 0 Å². The fraction of sp³-hybridized carbons (Fsp3) is 0.0909. The highest BCUT2D eigenvalue weighted by Gasteiger charge is 2.47. The minimum Gasteiger partial charge on any atom is -0.311 e. The molecule has 0 N–H and O–H groups in total. The van der Waals surface area contributed by atoms with E-state index < -0.39 is 0 Å². The van der Waals surface area contributed by atoms with E-state index in [0.717, 1.165) is 0 Å². The maximum atomic E-state index is 2.54. The van der Waals surface area contributed by atoms with Gasteiger partial charge in [-0.25, -0.2) is 0 Å². The van der Waals surface area contributed by atoms with Gasteiger partial charge >= 0.3 is 0 Å². The molecule has 0 unspecified atom stereocenters. The average Bonchev–Trinajstić information content (AvgIpc) is 2.92. The van der Waals surface area contributed by atoms with E-state index in [-0.39, 0.29) is 12.1 Å². The zero-order valence-corrected chi connectivity index (χ0v) is 20.4. The van der Waals surface area contributed by atoms with Gasteiger partial charge in [-0.05, 0) is 63.9 Å². The molecule has 5 aromatic rings. The van der Waals surface area contributed by atoms with Crippen LogP contribution in [-0.2, 0) is 5.41 Å². The lowest BCUT2D eigenvalue weighted by Crippen LogP contribution is -2.62. The summed E-state index contributed by atoms with van der Waals surface area (Å²) in [6.45, 7) is 4.94. The molecule has 3 heteroatoms. The largest absolute Gasteiger partial charge is 0.311 e. The molecule has 5 aromatic carbocycles. The van der Waals surface area contributed by atoms with Crippen LogP contribution in [0.4, 0.5) is 34.1 Å². The van der Waals surface area contributed by atoms with Crippen LogP contribution in [0.5, 0.6) is 0 Å². The fourth-order valence-corrected chi connectivity index (χ4v) is 6.89. The Bertz CT molecular complexity index is 1690. The Balaban J connectivity index is 1.51. The summed E-state index contributed by atoms with van der Waals surface area (Å²) in [6.07, 6.45) is 0. The highest BCUT2D eigenvalue weighted by Crippen LogP contribution is 2.53. The van der Waals surface area contributed by atoms with Crippen LogP contribution >= 0.6 is 0 Å². The van der Waals surface area contributed by atoms with Gasteiger partial charge in [0, 0.05) is 33.9 Å². The van der Waals surface area contributed by atoms with Crippen LogP contribution in [0.1, 0.15) is 25.0 Å². The molecule has 8 rings (SSSR count). The van der Waals surface area contributed by atoms with Crippen LogP contribution in [0.3, 0.4) is 0 Å². The standard InChI is InChI=1S/C33H25BN2/c1-33(2)23-14-6-8-18-27(23)36-30-21-11-20-29-31(30)34(26-17-10-15-24(33)32(26)36)25-16-7-9-19-28(25)35(29)22-12-4-3-5-13-22/h3-21H,1-2H3. The summed E-state index contributed by atoms with van der Waals surface area (Å²) in [4.78, 5) is 4.98. The summed E-state index contributed by atoms with van der Waals surface area (Å²) < 4.78 is 0. The molecule has 0 bridgehead atoms. The van der Waals surface area contributed by atoms with Crippen LogP contribution in [0.25, 0.3) is 0 Å². The Kier molecular flexibility index (Phi) is 3.85. The van der Waals surface area contributed by atoms with E-state index >= 15 is 0 Å². The maximum Gasteiger partial charge on any atom is 0.252 e. The second kappa shape index (κ2) is 6.92. The van der Waals surface area contributed by atoms with Crippen molar-refractivity contribution in [2.24, 2.45) is 0 Å². The van der Waals surface area contributed by atoms with Crippen LogP contribution < -0.4 is 26.2 Å². The Labute approximate surface area is 212 Å². The molecule has 2 nitrogen and oxygen atoms in total. The second-order valence-electron chi connectivity index (χ2n) is 10.6. The third kappa shape index (κ3) is 2.38. The molecule has 3 aliphatic rings. The Morgan fingerprint density at radius 3 is 1.92 bits per heavy atom. The minimum absolute atomic E-state index is 0.0716. The van der Waals surface area contributed by atoms with E-state index in [9.17, 15) is 0 Å². The Hall–Kier alpha value is -4.24. The second-order valence-corrected chi connectivity index (χ2v) is 10.6. The molecule has 0 saturated heterocycles. The van der Waals surface area contributed by atoms with Gasteiger partial charge in [-0.1, -0.05) is 92.7 Å². The predicted octanol–water partition coefficient (Wildman–Crippen LogP) is 6.41. The van der Waals surface area contributed by atoms with Crippen LogP contribution in [0, 0.1) is 0 Å². The number of fused-ring (bicyclic) bond motifs is 6. The zero-order valence-electron chi connectivity index (χ0n) is 20.4. The number of para-hydroxylation sites is 4. The molecule has 0 atom stereocenters. The first-order valence-corrected chi connectivity index (χ1v) is 12.8. The zero-order chi connectivity index (χ0) is 24.0. The summed E-state index contributed by atoms with van der Waals surface area (Å²) in [6, 6.07) is 42.5. The molecular weight excluding hydrogens is 435 g/mol. The SMILES string of the molecule is CC1(C)c2ccccc2N2c3cccc4c3B(c3ccccc3N4c3ccccc3)c3cccc1c32. The third-order valence-corrected chi connectivity index (χ3v) is 8.43. The molecule has 3 aliphatic heterocycles. The fourth-order valence-electron chi connectivity index (χ4n) is 6.89. The van der Waals surface area contributed by atoms with Crippen molar-refractivity contribution in [2.75, 3.05) is 9.80 Å². The summed E-state index contributed by atoms with van der Waals surface area (Å²) in [7, 11) is 0. The number of benzene rings is 5. The number of anilines is 6. The predicted molar refractivity (Wildman–Crippen MR) is 153 cm³/mol. The average molecular weight is 460 g/mol. The van der Waals surface area contributed by atoms with E-state index in [2.05, 4.69) is 139 Å². The van der Waals surface area contributed by atoms with Crippen molar-refractivity contribution in [2.45, 2.75) is 19.3 Å². The van der Waals surface area contributed by atoms with Gasteiger partial charge in [0.05, 0.1) is 5.69 Å². The number of hydrogen-bond donors (Lipinski definition) is 0. The molecule has 170 valence electrons. The van der Waals surface area contributed by atoms with Crippen molar-refractivity contribution < 1.29 is 0 Å². The first-order chi connectivity index (χ1) is 17.7. The van der Waals surface area contributed by atoms with E-state index in [1.54, 1.807) is 0 Å². The molecule has 0 radical (unpaired) electrons. The highest BCUT2D eigenvalue weighted by atomic mass is 15.2. The molecule has 0 aromatic heterocycles. The first-order valence-electron chi connectivity index (χ1n) is 12.8. The maximum absolute atomic E-state index is 2.54. The first kappa shape index (κ1) is 20.0. The van der Waals surface area contributed by atoms with Gasteiger partial charge in [0.15, 0.2) is 0 Å². The van der Waals surface area contributed by atoms with E-state index in [1.807, 2.05) is 0 Å². The van der Waals surface area contributed by atoms with Crippen molar-refractivity contribution in [3.8, 4) is 0 Å². The number of rotatable bonds is 1. The van der Waals surface area contributed by atoms with Crippen molar-refractivity contribution in [3.63, 3.8) is 0 Å². The topological polar surface area (TPSA) is 6.48 Å². The van der Waals surface area contributed by atoms with Gasteiger partial charge in [0.1, 0.15) is 0 Å². The molecule has 0 fully saturated rings. The van der Waals surface area contributed by atoms with Gasteiger partial charge < -0.3 is 9.80 Å². The lowest BCUT2D eigenvalue weighted by Gasteiger charge is -2.49. The minimum atomic E-state index is -0.0716. The van der Waals surface area contributed by atoms with Crippen molar-refractivity contribution in [3.05, 3.63) is 126 Å². The van der Waals surface area contributed by atoms with Gasteiger partial charge in [-0.15, -0.1) is 0 Å². The molecule has 0 spiro atoms. The summed E-state index contributed by atoms with van der Waals surface area (Å²) >= 11 is 0. The summed E-state index contributed by atoms with van der Waals surface area (Å²) in [5, 5.41) is 0. The molecule has 3 heterocycles. The van der Waals surface area contributed by atoms with E-state index in [1.165, 1.54) is 61.6 Å². The lowest BCUT2D eigenvalue weighted by atomic mass is 9.33. The quantitative estimate of drug-likeness (QED) is 0.261. The van der Waals surface area contributed by atoms with Crippen molar-refractivity contribution >= 4 is 57.2 Å². The number of nitrogens with zero attached hydrogens (tertiary/aromatic N) is 2. The molecule has 0 amide bonds. The molecule has 0 saturated carbocycles.